The Balaban J connectivity index is 2.57. The normalized spacial score (nSPS) is 12.9. The average molecular weight is 455 g/mol. The van der Waals surface area contributed by atoms with Gasteiger partial charge in [0.2, 0.25) is 0 Å². The standard InChI is InChI=1S/C20H26N2O6S2/c1-13(2)27-29(23,24)19-11-17(21)9-7-15(19)5-6-16-8-10-18(22)12-20(16)30(25,26)28-14(3)4/h5-14H,21-22H2,1-4H3. The van der Waals surface area contributed by atoms with Gasteiger partial charge in [-0.1, -0.05) is 24.3 Å². The quantitative estimate of drug-likeness (QED) is 0.352. The number of hydrogen-bond donors (Lipinski definition) is 2. The van der Waals surface area contributed by atoms with Gasteiger partial charge in [0.05, 0.1) is 12.2 Å². The second-order valence-electron chi connectivity index (χ2n) is 7.13. The summed E-state index contributed by atoms with van der Waals surface area (Å²) in [7, 11) is -8.14. The summed E-state index contributed by atoms with van der Waals surface area (Å²) < 4.78 is 60.4. The second kappa shape index (κ2) is 9.17. The van der Waals surface area contributed by atoms with Crippen molar-refractivity contribution in [3.63, 3.8) is 0 Å². The Morgan fingerprint density at radius 1 is 0.700 bits per heavy atom. The van der Waals surface area contributed by atoms with Gasteiger partial charge in [-0.15, -0.1) is 0 Å². The summed E-state index contributed by atoms with van der Waals surface area (Å²) in [6.45, 7) is 6.39. The second-order valence-corrected chi connectivity index (χ2v) is 10.2. The molecule has 0 fully saturated rings. The van der Waals surface area contributed by atoms with Crippen molar-refractivity contribution in [3.8, 4) is 0 Å². The summed E-state index contributed by atoms with van der Waals surface area (Å²) in [5.41, 5.74) is 12.6. The van der Waals surface area contributed by atoms with Crippen LogP contribution in [0.3, 0.4) is 0 Å². The maximum absolute atomic E-state index is 12.6. The zero-order chi connectivity index (χ0) is 22.7. The Morgan fingerprint density at radius 2 is 1.03 bits per heavy atom. The molecule has 2 aromatic carbocycles. The molecule has 2 rings (SSSR count). The SMILES string of the molecule is CC(C)OS(=O)(=O)c1cc(N)ccc1C=Cc1ccc(N)cc1S(=O)(=O)OC(C)C. The van der Waals surface area contributed by atoms with Gasteiger partial charge >= 0.3 is 0 Å². The number of benzene rings is 2. The molecule has 8 nitrogen and oxygen atoms in total. The van der Waals surface area contributed by atoms with Crippen LogP contribution < -0.4 is 11.5 Å². The first-order chi connectivity index (χ1) is 13.8. The van der Waals surface area contributed by atoms with E-state index in [0.717, 1.165) is 0 Å². The smallest absolute Gasteiger partial charge is 0.297 e. The minimum absolute atomic E-state index is 0.120. The molecule has 0 aliphatic heterocycles. The van der Waals surface area contributed by atoms with Crippen molar-refractivity contribution in [2.75, 3.05) is 11.5 Å². The molecule has 10 heteroatoms. The maximum Gasteiger partial charge on any atom is 0.297 e. The molecule has 0 heterocycles. The molecule has 0 radical (unpaired) electrons. The van der Waals surface area contributed by atoms with Gasteiger partial charge in [0, 0.05) is 11.4 Å². The summed E-state index contributed by atoms with van der Waals surface area (Å²) in [5, 5.41) is 0. The van der Waals surface area contributed by atoms with E-state index in [0.29, 0.717) is 0 Å². The van der Waals surface area contributed by atoms with Crippen molar-refractivity contribution in [2.45, 2.75) is 49.7 Å². The molecule has 2 aromatic rings. The average Bonchev–Trinajstić information content (AvgIpc) is 2.59. The zero-order valence-corrected chi connectivity index (χ0v) is 18.8. The fourth-order valence-electron chi connectivity index (χ4n) is 2.60. The minimum Gasteiger partial charge on any atom is -0.399 e. The third-order valence-electron chi connectivity index (χ3n) is 3.69. The fourth-order valence-corrected chi connectivity index (χ4v) is 5.23. The number of rotatable bonds is 8. The van der Waals surface area contributed by atoms with Crippen LogP contribution in [0.4, 0.5) is 11.4 Å². The van der Waals surface area contributed by atoms with Crippen LogP contribution in [0.5, 0.6) is 0 Å². The van der Waals surface area contributed by atoms with Crippen LogP contribution in [0, 0.1) is 0 Å². The van der Waals surface area contributed by atoms with Gasteiger partial charge in [0.1, 0.15) is 9.79 Å². The van der Waals surface area contributed by atoms with Crippen molar-refractivity contribution in [1.82, 2.24) is 0 Å². The molecule has 0 bridgehead atoms. The minimum atomic E-state index is -4.07. The Morgan fingerprint density at radius 3 is 1.33 bits per heavy atom. The van der Waals surface area contributed by atoms with Gasteiger partial charge in [-0.05, 0) is 63.1 Å². The summed E-state index contributed by atoms with van der Waals surface area (Å²) in [6.07, 6.45) is 1.82. The van der Waals surface area contributed by atoms with Gasteiger partial charge in [0.25, 0.3) is 20.2 Å². The van der Waals surface area contributed by atoms with Crippen LogP contribution in [0.25, 0.3) is 12.2 Å². The molecule has 0 aliphatic carbocycles. The summed E-state index contributed by atoms with van der Waals surface area (Å²) in [5.74, 6) is 0. The van der Waals surface area contributed by atoms with Gasteiger partial charge in [0.15, 0.2) is 0 Å². The third-order valence-corrected chi connectivity index (χ3v) is 6.76. The predicted molar refractivity (Wildman–Crippen MR) is 117 cm³/mol. The van der Waals surface area contributed by atoms with Gasteiger partial charge in [-0.2, -0.15) is 16.8 Å². The van der Waals surface area contributed by atoms with E-state index in [9.17, 15) is 16.8 Å². The van der Waals surface area contributed by atoms with Gasteiger partial charge < -0.3 is 11.5 Å². The first kappa shape index (κ1) is 23.9. The van der Waals surface area contributed by atoms with Crippen molar-refractivity contribution in [2.24, 2.45) is 0 Å². The van der Waals surface area contributed by atoms with Crippen LogP contribution in [0.15, 0.2) is 46.2 Å². The molecular formula is C20H26N2O6S2. The highest BCUT2D eigenvalue weighted by atomic mass is 32.2. The van der Waals surface area contributed by atoms with Crippen molar-refractivity contribution >= 4 is 43.8 Å². The predicted octanol–water partition coefficient (Wildman–Crippen LogP) is 3.25. The van der Waals surface area contributed by atoms with E-state index >= 15 is 0 Å². The van der Waals surface area contributed by atoms with Crippen LogP contribution in [0.2, 0.25) is 0 Å². The van der Waals surface area contributed by atoms with E-state index in [1.807, 2.05) is 0 Å². The molecule has 0 aliphatic rings. The molecule has 0 spiro atoms. The highest BCUT2D eigenvalue weighted by Gasteiger charge is 2.22. The van der Waals surface area contributed by atoms with Gasteiger partial charge in [-0.25, -0.2) is 0 Å². The van der Waals surface area contributed by atoms with Crippen LogP contribution in [0.1, 0.15) is 38.8 Å². The lowest BCUT2D eigenvalue weighted by atomic mass is 10.1. The molecule has 164 valence electrons. The Labute approximate surface area is 177 Å². The number of nitrogens with two attached hydrogens (primary N) is 2. The zero-order valence-electron chi connectivity index (χ0n) is 17.2. The molecular weight excluding hydrogens is 428 g/mol. The van der Waals surface area contributed by atoms with Crippen LogP contribution in [-0.2, 0) is 28.6 Å². The lowest BCUT2D eigenvalue weighted by molar-refractivity contribution is 0.248. The number of hydrogen-bond acceptors (Lipinski definition) is 8. The molecule has 0 unspecified atom stereocenters. The van der Waals surface area contributed by atoms with E-state index in [1.54, 1.807) is 27.7 Å². The summed E-state index contributed by atoms with van der Waals surface area (Å²) in [6, 6.07) is 8.68. The molecule has 4 N–H and O–H groups in total. The number of nitrogen functional groups attached to an aromatic ring is 2. The van der Waals surface area contributed by atoms with Crippen molar-refractivity contribution in [1.29, 1.82) is 0 Å². The van der Waals surface area contributed by atoms with E-state index in [-0.39, 0.29) is 32.3 Å². The molecule has 0 saturated carbocycles. The molecule has 0 aromatic heterocycles. The fraction of sp³-hybridized carbons (Fsp3) is 0.300. The molecule has 0 atom stereocenters. The third kappa shape index (κ3) is 6.05. The monoisotopic (exact) mass is 454 g/mol. The van der Waals surface area contributed by atoms with Crippen molar-refractivity contribution in [3.05, 3.63) is 47.5 Å². The molecule has 0 saturated heterocycles. The van der Waals surface area contributed by atoms with E-state index in [1.165, 1.54) is 48.6 Å². The Kier molecular flexibility index (Phi) is 7.30. The van der Waals surface area contributed by atoms with Crippen LogP contribution >= 0.6 is 0 Å². The molecule has 0 amide bonds. The lowest BCUT2D eigenvalue weighted by Crippen LogP contribution is -2.14. The largest absolute Gasteiger partial charge is 0.399 e. The summed E-state index contributed by atoms with van der Waals surface area (Å²) >= 11 is 0. The van der Waals surface area contributed by atoms with E-state index in [2.05, 4.69) is 0 Å². The van der Waals surface area contributed by atoms with E-state index < -0.39 is 32.4 Å². The number of anilines is 2. The maximum atomic E-state index is 12.6. The Hall–Kier alpha value is -2.40. The summed E-state index contributed by atoms with van der Waals surface area (Å²) in [4.78, 5) is -0.239. The van der Waals surface area contributed by atoms with Crippen LogP contribution in [-0.4, -0.2) is 29.0 Å². The van der Waals surface area contributed by atoms with Crippen molar-refractivity contribution < 1.29 is 25.2 Å². The highest BCUT2D eigenvalue weighted by molar-refractivity contribution is 7.87. The lowest BCUT2D eigenvalue weighted by Gasteiger charge is -2.13. The first-order valence-electron chi connectivity index (χ1n) is 9.15. The highest BCUT2D eigenvalue weighted by Crippen LogP contribution is 2.27. The Bertz CT molecular complexity index is 1060. The topological polar surface area (TPSA) is 139 Å². The molecule has 30 heavy (non-hydrogen) atoms. The van der Waals surface area contributed by atoms with E-state index in [4.69, 9.17) is 19.8 Å². The first-order valence-corrected chi connectivity index (χ1v) is 12.0. The van der Waals surface area contributed by atoms with Gasteiger partial charge in [-0.3, -0.25) is 8.37 Å².